The van der Waals surface area contributed by atoms with Crippen LogP contribution in [0.3, 0.4) is 0 Å². The molecule has 0 radical (unpaired) electrons. The fraction of sp³-hybridized carbons (Fsp3) is 0.727. The van der Waals surface area contributed by atoms with Crippen LogP contribution in [0.2, 0.25) is 0 Å². The Hall–Kier alpha value is -1.99. The van der Waals surface area contributed by atoms with Crippen molar-refractivity contribution in [3.05, 3.63) is 0 Å². The Morgan fingerprint density at radius 3 is 1.95 bits per heavy atom. The molecule has 8 heteroatoms. The molecule has 2 aliphatic rings. The molecular weight excluding hydrogens is 256 g/mol. The molecule has 0 aromatic rings. The zero-order valence-corrected chi connectivity index (χ0v) is 10.3. The van der Waals surface area contributed by atoms with Crippen LogP contribution < -0.4 is 0 Å². The normalized spacial score (nSPS) is 25.6. The highest BCUT2D eigenvalue weighted by Crippen LogP contribution is 2.43. The van der Waals surface area contributed by atoms with Crippen molar-refractivity contribution in [1.29, 1.82) is 0 Å². The van der Waals surface area contributed by atoms with Crippen LogP contribution in [0, 0.1) is 5.41 Å². The fourth-order valence-electron chi connectivity index (χ4n) is 3.01. The summed E-state index contributed by atoms with van der Waals surface area (Å²) >= 11 is 0. The Morgan fingerprint density at radius 1 is 1.00 bits per heavy atom. The van der Waals surface area contributed by atoms with Crippen LogP contribution in [-0.2, 0) is 4.79 Å². The fourth-order valence-corrected chi connectivity index (χ4v) is 3.01. The van der Waals surface area contributed by atoms with E-state index in [1.54, 1.807) is 0 Å². The Bertz CT molecular complexity index is 391. The lowest BCUT2D eigenvalue weighted by Gasteiger charge is -2.37. The quantitative estimate of drug-likeness (QED) is 0.642. The molecule has 106 valence electrons. The number of rotatable bonds is 1. The van der Waals surface area contributed by atoms with Gasteiger partial charge >= 0.3 is 18.2 Å². The van der Waals surface area contributed by atoms with Crippen molar-refractivity contribution in [2.24, 2.45) is 5.41 Å². The molecule has 1 spiro atoms. The summed E-state index contributed by atoms with van der Waals surface area (Å²) in [4.78, 5) is 35.2. The van der Waals surface area contributed by atoms with E-state index in [2.05, 4.69) is 0 Å². The minimum Gasteiger partial charge on any atom is -0.480 e. The van der Waals surface area contributed by atoms with Gasteiger partial charge in [-0.3, -0.25) is 4.90 Å². The molecule has 0 aromatic heterocycles. The van der Waals surface area contributed by atoms with Crippen LogP contribution in [-0.4, -0.2) is 69.0 Å². The third-order valence-electron chi connectivity index (χ3n) is 4.13. The van der Waals surface area contributed by atoms with Crippen LogP contribution >= 0.6 is 0 Å². The van der Waals surface area contributed by atoms with E-state index in [0.717, 1.165) is 4.90 Å². The average Bonchev–Trinajstić information content (AvgIpc) is 2.70. The standard InChI is InChI=1S/C11H16N2O6/c14-8(15)7-5-11(6-13(7)10(18)19)1-3-12(4-2-11)9(16)17/h7H,1-6H2,(H,14,15)(H,16,17)(H,18,19)/t7-/m0/s1. The molecule has 2 saturated heterocycles. The van der Waals surface area contributed by atoms with Crippen LogP contribution in [0.4, 0.5) is 9.59 Å². The summed E-state index contributed by atoms with van der Waals surface area (Å²) in [6, 6.07) is -1.02. The van der Waals surface area contributed by atoms with Crippen molar-refractivity contribution in [2.45, 2.75) is 25.3 Å². The van der Waals surface area contributed by atoms with E-state index in [4.69, 9.17) is 15.3 Å². The number of piperidine rings is 1. The van der Waals surface area contributed by atoms with Crippen molar-refractivity contribution in [1.82, 2.24) is 9.80 Å². The molecule has 2 aliphatic heterocycles. The molecule has 2 heterocycles. The van der Waals surface area contributed by atoms with Crippen LogP contribution in [0.5, 0.6) is 0 Å². The van der Waals surface area contributed by atoms with Crippen molar-refractivity contribution in [3.63, 3.8) is 0 Å². The van der Waals surface area contributed by atoms with E-state index in [1.807, 2.05) is 0 Å². The van der Waals surface area contributed by atoms with Gasteiger partial charge in [0.2, 0.25) is 0 Å². The van der Waals surface area contributed by atoms with Crippen molar-refractivity contribution in [3.8, 4) is 0 Å². The number of amides is 2. The Kier molecular flexibility index (Phi) is 3.25. The van der Waals surface area contributed by atoms with Crippen LogP contribution in [0.1, 0.15) is 19.3 Å². The number of nitrogens with zero attached hydrogens (tertiary/aromatic N) is 2. The molecule has 1 atom stereocenters. The van der Waals surface area contributed by atoms with Crippen LogP contribution in [0.15, 0.2) is 0 Å². The number of carboxylic acids is 1. The number of carbonyl (C=O) groups is 3. The maximum absolute atomic E-state index is 11.1. The summed E-state index contributed by atoms with van der Waals surface area (Å²) in [5, 5.41) is 27.0. The van der Waals surface area contributed by atoms with E-state index in [1.165, 1.54) is 4.90 Å². The second-order valence-electron chi connectivity index (χ2n) is 5.24. The molecule has 2 fully saturated rings. The number of hydrogen-bond acceptors (Lipinski definition) is 3. The van der Waals surface area contributed by atoms with Gasteiger partial charge in [0.25, 0.3) is 0 Å². The van der Waals surface area contributed by atoms with Crippen molar-refractivity contribution >= 4 is 18.2 Å². The van der Waals surface area contributed by atoms with E-state index in [-0.39, 0.29) is 13.0 Å². The van der Waals surface area contributed by atoms with Gasteiger partial charge in [0, 0.05) is 19.6 Å². The van der Waals surface area contributed by atoms with E-state index in [9.17, 15) is 14.4 Å². The Labute approximate surface area is 109 Å². The number of likely N-dealkylation sites (tertiary alicyclic amines) is 2. The molecule has 19 heavy (non-hydrogen) atoms. The monoisotopic (exact) mass is 272 g/mol. The molecule has 2 amide bonds. The minimum absolute atomic E-state index is 0.173. The lowest BCUT2D eigenvalue weighted by molar-refractivity contribution is -0.141. The van der Waals surface area contributed by atoms with Gasteiger partial charge in [-0.2, -0.15) is 0 Å². The summed E-state index contributed by atoms with van der Waals surface area (Å²) in [6.07, 6.45) is -0.940. The van der Waals surface area contributed by atoms with Crippen LogP contribution in [0.25, 0.3) is 0 Å². The molecule has 0 unspecified atom stereocenters. The molecule has 0 saturated carbocycles. The average molecular weight is 272 g/mol. The summed E-state index contributed by atoms with van der Waals surface area (Å²) in [6.45, 7) is 0.830. The third kappa shape index (κ3) is 2.42. The second-order valence-corrected chi connectivity index (χ2v) is 5.24. The first-order chi connectivity index (χ1) is 8.84. The van der Waals surface area contributed by atoms with Crippen molar-refractivity contribution in [2.75, 3.05) is 19.6 Å². The van der Waals surface area contributed by atoms with E-state index < -0.39 is 29.6 Å². The molecule has 0 aromatic carbocycles. The maximum Gasteiger partial charge on any atom is 0.408 e. The van der Waals surface area contributed by atoms with Gasteiger partial charge < -0.3 is 20.2 Å². The second kappa shape index (κ2) is 4.60. The minimum atomic E-state index is -1.23. The van der Waals surface area contributed by atoms with E-state index >= 15 is 0 Å². The number of aliphatic carboxylic acids is 1. The summed E-state index contributed by atoms with van der Waals surface area (Å²) < 4.78 is 0. The lowest BCUT2D eigenvalue weighted by Crippen LogP contribution is -2.44. The molecule has 0 aliphatic carbocycles. The molecule has 8 nitrogen and oxygen atoms in total. The molecule has 3 N–H and O–H groups in total. The van der Waals surface area contributed by atoms with Gasteiger partial charge in [0.15, 0.2) is 0 Å². The van der Waals surface area contributed by atoms with Gasteiger partial charge in [0.1, 0.15) is 6.04 Å². The van der Waals surface area contributed by atoms with Gasteiger partial charge in [-0.1, -0.05) is 0 Å². The van der Waals surface area contributed by atoms with Gasteiger partial charge in [-0.05, 0) is 24.7 Å². The zero-order chi connectivity index (χ0) is 14.2. The molecule has 0 bridgehead atoms. The molecule has 2 rings (SSSR count). The Balaban J connectivity index is 2.09. The highest BCUT2D eigenvalue weighted by Gasteiger charge is 2.50. The summed E-state index contributed by atoms with van der Waals surface area (Å²) in [5.41, 5.74) is -0.395. The van der Waals surface area contributed by atoms with Gasteiger partial charge in [-0.15, -0.1) is 0 Å². The topological polar surface area (TPSA) is 118 Å². The summed E-state index contributed by atoms with van der Waals surface area (Å²) in [5.74, 6) is -1.14. The molecular formula is C11H16N2O6. The number of hydrogen-bond donors (Lipinski definition) is 3. The van der Waals surface area contributed by atoms with Gasteiger partial charge in [-0.25, -0.2) is 14.4 Å². The largest absolute Gasteiger partial charge is 0.480 e. The van der Waals surface area contributed by atoms with Crippen molar-refractivity contribution < 1.29 is 29.7 Å². The number of carboxylic acid groups (broad SMARTS) is 3. The first-order valence-corrected chi connectivity index (χ1v) is 6.05. The first-order valence-electron chi connectivity index (χ1n) is 6.05. The predicted molar refractivity (Wildman–Crippen MR) is 62.0 cm³/mol. The highest BCUT2D eigenvalue weighted by atomic mass is 16.4. The zero-order valence-electron chi connectivity index (χ0n) is 10.3. The maximum atomic E-state index is 11.1. The highest BCUT2D eigenvalue weighted by molar-refractivity contribution is 5.80. The predicted octanol–water partition coefficient (Wildman–Crippen LogP) is 0.584. The summed E-state index contributed by atoms with van der Waals surface area (Å²) in [7, 11) is 0. The smallest absolute Gasteiger partial charge is 0.408 e. The third-order valence-corrected chi connectivity index (χ3v) is 4.13. The van der Waals surface area contributed by atoms with Gasteiger partial charge in [0.05, 0.1) is 0 Å². The Morgan fingerprint density at radius 2 is 1.58 bits per heavy atom. The van der Waals surface area contributed by atoms with E-state index in [0.29, 0.717) is 25.9 Å². The lowest BCUT2D eigenvalue weighted by atomic mass is 9.76. The SMILES string of the molecule is O=C(O)[C@@H]1CC2(CCN(C(=O)O)CC2)CN1C(=O)O. The first kappa shape index (κ1) is 13.4.